The summed E-state index contributed by atoms with van der Waals surface area (Å²) in [6.07, 6.45) is 1.54. The fourth-order valence-electron chi connectivity index (χ4n) is 7.10. The van der Waals surface area contributed by atoms with E-state index in [4.69, 9.17) is 10.5 Å². The smallest absolute Gasteiger partial charge is 0.212 e. The van der Waals surface area contributed by atoms with Gasteiger partial charge in [0.25, 0.3) is 0 Å². The average Bonchev–Trinajstić information content (AvgIpc) is 3.43. The van der Waals surface area contributed by atoms with E-state index in [1.54, 1.807) is 0 Å². The molecule has 0 amide bonds. The lowest BCUT2D eigenvalue weighted by Gasteiger charge is -2.18. The first kappa shape index (κ1) is 22.7. The van der Waals surface area contributed by atoms with Crippen LogP contribution in [0.3, 0.4) is 0 Å². The molecule has 0 saturated heterocycles. The number of carbonyl (C=O) groups is 1. The zero-order chi connectivity index (χ0) is 24.0. The number of pyridine rings is 1. The third kappa shape index (κ3) is 2.89. The molecule has 0 aromatic carbocycles. The number of aromatic nitrogens is 3. The summed E-state index contributed by atoms with van der Waals surface area (Å²) in [5.41, 5.74) is 8.63. The maximum absolute atomic E-state index is 12.8. The van der Waals surface area contributed by atoms with E-state index < -0.39 is 15.4 Å². The SMILES string of the molecule is Cc1nc(N)c2nc(C)n(CCOCCNS(=O)(=O)C[C@@]34C(=O)C[C@@H]5CC53C4(C)C)c2c1C. The lowest BCUT2D eigenvalue weighted by atomic mass is 9.91. The molecule has 33 heavy (non-hydrogen) atoms. The van der Waals surface area contributed by atoms with E-state index in [1.807, 2.05) is 20.8 Å². The van der Waals surface area contributed by atoms with Gasteiger partial charge in [0.1, 0.15) is 17.1 Å². The summed E-state index contributed by atoms with van der Waals surface area (Å²) in [4.78, 5) is 21.5. The molecule has 1 spiro atoms. The Morgan fingerprint density at radius 2 is 1.94 bits per heavy atom. The molecule has 0 radical (unpaired) electrons. The van der Waals surface area contributed by atoms with Crippen molar-refractivity contribution in [3.8, 4) is 0 Å². The molecule has 3 N–H and O–H groups in total. The van der Waals surface area contributed by atoms with Crippen LogP contribution in [0.15, 0.2) is 0 Å². The zero-order valence-electron chi connectivity index (χ0n) is 20.0. The number of sulfonamides is 1. The molecule has 5 rings (SSSR count). The number of imidazole rings is 1. The minimum absolute atomic E-state index is 0.0663. The molecule has 2 heterocycles. The van der Waals surface area contributed by atoms with Crippen LogP contribution in [0.2, 0.25) is 0 Å². The first-order valence-corrected chi connectivity index (χ1v) is 13.2. The molecular formula is C23H33N5O4S. The molecule has 180 valence electrons. The Hall–Kier alpha value is -2.04. The molecule has 3 fully saturated rings. The summed E-state index contributed by atoms with van der Waals surface area (Å²) in [6.45, 7) is 11.4. The van der Waals surface area contributed by atoms with Crippen LogP contribution >= 0.6 is 0 Å². The van der Waals surface area contributed by atoms with E-state index >= 15 is 0 Å². The molecule has 10 heteroatoms. The van der Waals surface area contributed by atoms with Crippen LogP contribution in [0.1, 0.15) is 43.8 Å². The van der Waals surface area contributed by atoms with Gasteiger partial charge in [-0.1, -0.05) is 13.8 Å². The maximum Gasteiger partial charge on any atom is 0.212 e. The highest BCUT2D eigenvalue weighted by Gasteiger charge is 2.97. The number of Topliss-reactive ketones (excluding diaryl/α,β-unsaturated/α-hetero) is 1. The summed E-state index contributed by atoms with van der Waals surface area (Å²) in [5, 5.41) is 0. The number of carbonyl (C=O) groups excluding carboxylic acids is 1. The topological polar surface area (TPSA) is 129 Å². The van der Waals surface area contributed by atoms with Gasteiger partial charge in [-0.3, -0.25) is 4.79 Å². The Labute approximate surface area is 194 Å². The summed E-state index contributed by atoms with van der Waals surface area (Å²) in [5.74, 6) is 1.67. The Balaban J connectivity index is 1.14. The van der Waals surface area contributed by atoms with E-state index in [2.05, 4.69) is 33.1 Å². The monoisotopic (exact) mass is 475 g/mol. The summed E-state index contributed by atoms with van der Waals surface area (Å²) >= 11 is 0. The molecule has 0 bridgehead atoms. The van der Waals surface area contributed by atoms with Crippen molar-refractivity contribution in [1.82, 2.24) is 19.3 Å². The first-order valence-electron chi connectivity index (χ1n) is 11.6. The van der Waals surface area contributed by atoms with Crippen LogP contribution in [-0.4, -0.2) is 54.2 Å². The van der Waals surface area contributed by atoms with E-state index in [0.29, 0.717) is 36.8 Å². The van der Waals surface area contributed by atoms with E-state index in [9.17, 15) is 13.2 Å². The van der Waals surface area contributed by atoms with Gasteiger partial charge in [-0.15, -0.1) is 0 Å². The molecule has 2 aromatic rings. The second kappa shape index (κ2) is 6.99. The van der Waals surface area contributed by atoms with E-state index in [0.717, 1.165) is 29.0 Å². The van der Waals surface area contributed by atoms with Gasteiger partial charge in [0, 0.05) is 25.2 Å². The van der Waals surface area contributed by atoms with Gasteiger partial charge < -0.3 is 15.0 Å². The third-order valence-corrected chi connectivity index (χ3v) is 10.4. The van der Waals surface area contributed by atoms with Crippen molar-refractivity contribution in [2.24, 2.45) is 22.2 Å². The van der Waals surface area contributed by atoms with Crippen LogP contribution in [0, 0.1) is 42.9 Å². The Morgan fingerprint density at radius 3 is 2.61 bits per heavy atom. The standard InChI is InChI=1S/C23H33N5O4S/c1-13-14(2)26-20(24)18-19(13)28(15(3)27-18)7-9-32-8-6-25-33(30,31)12-23-17(29)10-16-11-22(16,23)21(23,4)5/h16,25H,6-12H2,1-5H3,(H2,24,26)/t16-,22?,23+/m1/s1. The number of ether oxygens (including phenoxy) is 1. The number of nitrogen functional groups attached to an aromatic ring is 1. The minimum atomic E-state index is -3.57. The Bertz CT molecular complexity index is 1280. The molecule has 1 unspecified atom stereocenters. The fraction of sp³-hybridized carbons (Fsp3) is 0.696. The maximum atomic E-state index is 12.8. The van der Waals surface area contributed by atoms with Gasteiger partial charge in [0.05, 0.1) is 29.9 Å². The summed E-state index contributed by atoms with van der Waals surface area (Å²) in [6, 6.07) is 0. The van der Waals surface area contributed by atoms with Crippen LogP contribution < -0.4 is 10.5 Å². The molecule has 3 atom stereocenters. The van der Waals surface area contributed by atoms with Crippen LogP contribution in [0.5, 0.6) is 0 Å². The molecule has 0 aliphatic heterocycles. The van der Waals surface area contributed by atoms with Crippen molar-refractivity contribution in [3.05, 3.63) is 17.1 Å². The summed E-state index contributed by atoms with van der Waals surface area (Å²) in [7, 11) is -3.57. The third-order valence-electron chi connectivity index (χ3n) is 8.92. The van der Waals surface area contributed by atoms with Crippen LogP contribution in [0.25, 0.3) is 11.0 Å². The number of hydrogen-bond donors (Lipinski definition) is 2. The quantitative estimate of drug-likeness (QED) is 0.530. The average molecular weight is 476 g/mol. The van der Waals surface area contributed by atoms with Crippen molar-refractivity contribution < 1.29 is 17.9 Å². The Kier molecular flexibility index (Phi) is 4.82. The van der Waals surface area contributed by atoms with Gasteiger partial charge in [-0.25, -0.2) is 23.1 Å². The number of nitrogens with zero attached hydrogens (tertiary/aromatic N) is 3. The fourth-order valence-corrected chi connectivity index (χ4v) is 8.94. The lowest BCUT2D eigenvalue weighted by molar-refractivity contribution is -0.124. The van der Waals surface area contributed by atoms with Crippen LogP contribution in [0.4, 0.5) is 5.82 Å². The van der Waals surface area contributed by atoms with Gasteiger partial charge in [0.2, 0.25) is 10.0 Å². The number of anilines is 1. The van der Waals surface area contributed by atoms with Crippen molar-refractivity contribution >= 4 is 32.7 Å². The molecule has 3 aliphatic rings. The molecule has 2 aromatic heterocycles. The van der Waals surface area contributed by atoms with Crippen molar-refractivity contribution in [3.63, 3.8) is 0 Å². The predicted octanol–water partition coefficient (Wildman–Crippen LogP) is 1.88. The first-order chi connectivity index (χ1) is 15.4. The van der Waals surface area contributed by atoms with Gasteiger partial charge in [-0.05, 0) is 49.5 Å². The van der Waals surface area contributed by atoms with Gasteiger partial charge >= 0.3 is 0 Å². The zero-order valence-corrected chi connectivity index (χ0v) is 20.8. The number of fused-ring (bicyclic) bond motifs is 1. The second-order valence-corrected chi connectivity index (χ2v) is 12.3. The van der Waals surface area contributed by atoms with Gasteiger partial charge in [-0.2, -0.15) is 0 Å². The number of nitrogens with one attached hydrogen (secondary N) is 1. The van der Waals surface area contributed by atoms with Crippen molar-refractivity contribution in [2.45, 2.75) is 54.0 Å². The van der Waals surface area contributed by atoms with Crippen LogP contribution in [-0.2, 0) is 26.1 Å². The number of aryl methyl sites for hydroxylation is 3. The van der Waals surface area contributed by atoms with Crippen molar-refractivity contribution in [2.75, 3.05) is 31.2 Å². The number of hydrogen-bond acceptors (Lipinski definition) is 7. The molecular weight excluding hydrogens is 442 g/mol. The lowest BCUT2D eigenvalue weighted by Crippen LogP contribution is -2.37. The minimum Gasteiger partial charge on any atom is -0.382 e. The highest BCUT2D eigenvalue weighted by atomic mass is 32.2. The molecule has 3 aliphatic carbocycles. The van der Waals surface area contributed by atoms with E-state index in [1.165, 1.54) is 0 Å². The molecule has 3 saturated carbocycles. The number of rotatable bonds is 9. The highest BCUT2D eigenvalue weighted by Crippen LogP contribution is 2.96. The Morgan fingerprint density at radius 1 is 1.21 bits per heavy atom. The van der Waals surface area contributed by atoms with E-state index in [-0.39, 0.29) is 35.5 Å². The van der Waals surface area contributed by atoms with Crippen molar-refractivity contribution in [1.29, 1.82) is 0 Å². The molecule has 9 nitrogen and oxygen atoms in total. The number of ketones is 1. The predicted molar refractivity (Wildman–Crippen MR) is 125 cm³/mol. The van der Waals surface area contributed by atoms with Gasteiger partial charge in [0.15, 0.2) is 5.82 Å². The number of nitrogens with two attached hydrogens (primary N) is 1. The largest absolute Gasteiger partial charge is 0.382 e. The highest BCUT2D eigenvalue weighted by molar-refractivity contribution is 7.89. The normalized spacial score (nSPS) is 29.4. The summed E-state index contributed by atoms with van der Waals surface area (Å²) < 4.78 is 36.0. The second-order valence-electron chi connectivity index (χ2n) is 10.5.